The maximum Gasteiger partial charge on any atom is 0.119 e. The van der Waals surface area contributed by atoms with Gasteiger partial charge in [-0.05, 0) is 48.0 Å². The lowest BCUT2D eigenvalue weighted by Gasteiger charge is -2.25. The summed E-state index contributed by atoms with van der Waals surface area (Å²) in [6.07, 6.45) is 0.974. The molecule has 1 N–H and O–H groups in total. The third-order valence-electron chi connectivity index (χ3n) is 4.04. The highest BCUT2D eigenvalue weighted by molar-refractivity contribution is 6.31. The van der Waals surface area contributed by atoms with Gasteiger partial charge in [0, 0.05) is 23.1 Å². The number of rotatable bonds is 9. The number of benzene rings is 2. The Bertz CT molecular complexity index is 822. The average molecular weight is 406 g/mol. The van der Waals surface area contributed by atoms with Crippen molar-refractivity contribution in [1.29, 1.82) is 0 Å². The van der Waals surface area contributed by atoms with E-state index in [1.165, 1.54) is 0 Å². The second-order valence-electron chi connectivity index (χ2n) is 6.26. The van der Waals surface area contributed by atoms with Crippen LogP contribution in [-0.4, -0.2) is 29.3 Å². The highest BCUT2D eigenvalue weighted by Crippen LogP contribution is 2.19. The van der Waals surface area contributed by atoms with Crippen LogP contribution < -0.4 is 4.74 Å². The van der Waals surface area contributed by atoms with Gasteiger partial charge in [0.1, 0.15) is 24.2 Å². The maximum absolute atomic E-state index is 10.5. The third kappa shape index (κ3) is 6.29. The molecule has 1 heterocycles. The van der Waals surface area contributed by atoms with Crippen LogP contribution in [0.3, 0.4) is 0 Å². The van der Waals surface area contributed by atoms with Crippen LogP contribution in [0.2, 0.25) is 10.0 Å². The van der Waals surface area contributed by atoms with Gasteiger partial charge in [-0.25, -0.2) is 0 Å². The first-order valence-corrected chi connectivity index (χ1v) is 9.40. The molecule has 142 valence electrons. The zero-order valence-electron chi connectivity index (χ0n) is 14.7. The summed E-state index contributed by atoms with van der Waals surface area (Å²) < 4.78 is 11.1. The fourth-order valence-corrected chi connectivity index (χ4v) is 3.07. The fraction of sp³-hybridized carbons (Fsp3) is 0.238. The molecule has 2 aromatic carbocycles. The monoisotopic (exact) mass is 405 g/mol. The zero-order chi connectivity index (χ0) is 19.1. The molecule has 3 rings (SSSR count). The van der Waals surface area contributed by atoms with Crippen LogP contribution in [0.25, 0.3) is 0 Å². The molecule has 27 heavy (non-hydrogen) atoms. The number of ether oxygens (including phenoxy) is 1. The Balaban J connectivity index is 1.61. The first-order chi connectivity index (χ1) is 13.1. The fourth-order valence-electron chi connectivity index (χ4n) is 2.75. The largest absolute Gasteiger partial charge is 0.491 e. The van der Waals surface area contributed by atoms with Crippen molar-refractivity contribution in [3.63, 3.8) is 0 Å². The number of furan rings is 1. The highest BCUT2D eigenvalue weighted by Gasteiger charge is 2.16. The lowest BCUT2D eigenvalue weighted by atomic mass is 10.2. The minimum atomic E-state index is -0.668. The predicted octanol–water partition coefficient (Wildman–Crippen LogP) is 5.03. The molecule has 0 saturated carbocycles. The molecule has 0 aliphatic heterocycles. The van der Waals surface area contributed by atoms with Gasteiger partial charge in [0.15, 0.2) is 0 Å². The van der Waals surface area contributed by atoms with Gasteiger partial charge < -0.3 is 14.3 Å². The Labute approximate surface area is 168 Å². The number of nitrogens with zero attached hydrogens (tertiary/aromatic N) is 1. The molecule has 6 heteroatoms. The summed E-state index contributed by atoms with van der Waals surface area (Å²) >= 11 is 12.2. The summed E-state index contributed by atoms with van der Waals surface area (Å²) in [7, 11) is 0. The molecule has 1 atom stereocenters. The molecule has 1 unspecified atom stereocenters. The van der Waals surface area contributed by atoms with Gasteiger partial charge in [-0.3, -0.25) is 4.90 Å². The van der Waals surface area contributed by atoms with Gasteiger partial charge in [0.25, 0.3) is 0 Å². The topological polar surface area (TPSA) is 45.8 Å². The van der Waals surface area contributed by atoms with Crippen LogP contribution in [0.4, 0.5) is 0 Å². The normalized spacial score (nSPS) is 12.3. The standard InChI is InChI=1S/C21H21Cl2NO3/c22-17-7-9-19(10-8-17)27-15-18(25)13-24(14-20-5-3-11-26-20)12-16-4-1-2-6-21(16)23/h1-11,18,25H,12-15H2. The maximum atomic E-state index is 10.5. The van der Waals surface area contributed by atoms with E-state index in [-0.39, 0.29) is 6.61 Å². The van der Waals surface area contributed by atoms with Crippen LogP contribution in [0.5, 0.6) is 5.75 Å². The van der Waals surface area contributed by atoms with Gasteiger partial charge in [0.05, 0.1) is 12.8 Å². The Morgan fingerprint density at radius 2 is 1.74 bits per heavy atom. The number of hydrogen-bond acceptors (Lipinski definition) is 4. The molecule has 1 aromatic heterocycles. The Kier molecular flexibility index (Phi) is 7.18. The zero-order valence-corrected chi connectivity index (χ0v) is 16.2. The molecule has 0 aliphatic carbocycles. The van der Waals surface area contributed by atoms with Crippen molar-refractivity contribution in [1.82, 2.24) is 4.90 Å². The second kappa shape index (κ2) is 9.81. The number of aliphatic hydroxyl groups is 1. The molecular formula is C21H21Cl2NO3. The van der Waals surface area contributed by atoms with E-state index in [1.54, 1.807) is 30.5 Å². The van der Waals surface area contributed by atoms with E-state index in [4.69, 9.17) is 32.4 Å². The molecule has 4 nitrogen and oxygen atoms in total. The first kappa shape index (κ1) is 19.8. The second-order valence-corrected chi connectivity index (χ2v) is 7.10. The Hall–Kier alpha value is -1.98. The molecule has 0 aliphatic rings. The first-order valence-electron chi connectivity index (χ1n) is 8.65. The number of hydrogen-bond donors (Lipinski definition) is 1. The van der Waals surface area contributed by atoms with Crippen molar-refractivity contribution in [2.24, 2.45) is 0 Å². The van der Waals surface area contributed by atoms with Gasteiger partial charge in [-0.1, -0.05) is 41.4 Å². The minimum absolute atomic E-state index is 0.179. The molecule has 0 radical (unpaired) electrons. The average Bonchev–Trinajstić information content (AvgIpc) is 3.16. The van der Waals surface area contributed by atoms with E-state index in [2.05, 4.69) is 4.90 Å². The molecule has 3 aromatic rings. The van der Waals surface area contributed by atoms with Crippen molar-refractivity contribution in [3.8, 4) is 5.75 Å². The molecule has 0 saturated heterocycles. The Morgan fingerprint density at radius 3 is 2.44 bits per heavy atom. The molecule has 0 fully saturated rings. The van der Waals surface area contributed by atoms with E-state index in [9.17, 15) is 5.11 Å². The minimum Gasteiger partial charge on any atom is -0.491 e. The van der Waals surface area contributed by atoms with Crippen molar-refractivity contribution >= 4 is 23.2 Å². The highest BCUT2D eigenvalue weighted by atomic mass is 35.5. The van der Waals surface area contributed by atoms with Crippen LogP contribution >= 0.6 is 23.2 Å². The summed E-state index contributed by atoms with van der Waals surface area (Å²) in [5, 5.41) is 11.8. The van der Waals surface area contributed by atoms with Gasteiger partial charge >= 0.3 is 0 Å². The van der Waals surface area contributed by atoms with Gasteiger partial charge in [-0.2, -0.15) is 0 Å². The quantitative estimate of drug-likeness (QED) is 0.542. The summed E-state index contributed by atoms with van der Waals surface area (Å²) in [6, 6.07) is 18.5. The van der Waals surface area contributed by atoms with Crippen molar-refractivity contribution in [2.75, 3.05) is 13.2 Å². The molecule has 0 bridgehead atoms. The SMILES string of the molecule is OC(COc1ccc(Cl)cc1)CN(Cc1ccco1)Cc1ccccc1Cl. The van der Waals surface area contributed by atoms with Crippen LogP contribution in [0.1, 0.15) is 11.3 Å². The van der Waals surface area contributed by atoms with Crippen molar-refractivity contribution in [2.45, 2.75) is 19.2 Å². The molecule has 0 spiro atoms. The third-order valence-corrected chi connectivity index (χ3v) is 4.66. The lowest BCUT2D eigenvalue weighted by molar-refractivity contribution is 0.0605. The summed E-state index contributed by atoms with van der Waals surface area (Å²) in [4.78, 5) is 2.08. The van der Waals surface area contributed by atoms with E-state index in [1.807, 2.05) is 36.4 Å². The van der Waals surface area contributed by atoms with Crippen molar-refractivity contribution < 1.29 is 14.3 Å². The van der Waals surface area contributed by atoms with E-state index >= 15 is 0 Å². The van der Waals surface area contributed by atoms with Gasteiger partial charge in [0.2, 0.25) is 0 Å². The summed E-state index contributed by atoms with van der Waals surface area (Å²) in [5.41, 5.74) is 0.997. The predicted molar refractivity (Wildman–Crippen MR) is 107 cm³/mol. The molecular weight excluding hydrogens is 385 g/mol. The van der Waals surface area contributed by atoms with E-state index < -0.39 is 6.10 Å². The summed E-state index contributed by atoms with van der Waals surface area (Å²) in [6.45, 7) is 1.76. The van der Waals surface area contributed by atoms with Crippen LogP contribution in [0, 0.1) is 0 Å². The van der Waals surface area contributed by atoms with Crippen LogP contribution in [0.15, 0.2) is 71.3 Å². The smallest absolute Gasteiger partial charge is 0.119 e. The van der Waals surface area contributed by atoms with Gasteiger partial charge in [-0.15, -0.1) is 0 Å². The van der Waals surface area contributed by atoms with Crippen molar-refractivity contribution in [3.05, 3.63) is 88.3 Å². The lowest BCUT2D eigenvalue weighted by Crippen LogP contribution is -2.35. The van der Waals surface area contributed by atoms with E-state index in [0.29, 0.717) is 35.4 Å². The molecule has 0 amide bonds. The van der Waals surface area contributed by atoms with E-state index in [0.717, 1.165) is 11.3 Å². The van der Waals surface area contributed by atoms with Crippen LogP contribution in [-0.2, 0) is 13.1 Å². The number of aliphatic hydroxyl groups excluding tert-OH is 1. The summed E-state index contributed by atoms with van der Waals surface area (Å²) in [5.74, 6) is 1.50. The Morgan fingerprint density at radius 1 is 0.963 bits per heavy atom. The number of halogens is 2.